The van der Waals surface area contributed by atoms with Crippen molar-refractivity contribution in [2.45, 2.75) is 88.1 Å². The number of hydrogen-bond donors (Lipinski definition) is 2. The molecule has 6 unspecified atom stereocenters. The van der Waals surface area contributed by atoms with Crippen LogP contribution in [0.25, 0.3) is 0 Å². The van der Waals surface area contributed by atoms with Crippen LogP contribution in [0.5, 0.6) is 5.75 Å². The molecule has 2 N–H and O–H groups in total. The zero-order chi connectivity index (χ0) is 29.4. The first-order valence-corrected chi connectivity index (χ1v) is 15.5. The van der Waals surface area contributed by atoms with Gasteiger partial charge in [0.25, 0.3) is 0 Å². The second-order valence-corrected chi connectivity index (χ2v) is 12.7. The number of likely N-dealkylation sites (tertiary alicyclic amines) is 1. The average molecular weight is 577 g/mol. The van der Waals surface area contributed by atoms with Gasteiger partial charge in [-0.3, -0.25) is 25.1 Å². The summed E-state index contributed by atoms with van der Waals surface area (Å²) in [7, 11) is 2.13. The fraction of sp³-hybridized carbons (Fsp3) is 0.656. The van der Waals surface area contributed by atoms with Crippen LogP contribution in [0.4, 0.5) is 0 Å². The van der Waals surface area contributed by atoms with Crippen LogP contribution in [0.3, 0.4) is 0 Å². The van der Waals surface area contributed by atoms with Gasteiger partial charge in [-0.1, -0.05) is 18.7 Å². The molecule has 3 saturated heterocycles. The van der Waals surface area contributed by atoms with Crippen LogP contribution in [0.15, 0.2) is 30.9 Å². The van der Waals surface area contributed by atoms with Gasteiger partial charge in [-0.2, -0.15) is 5.26 Å². The maximum atomic E-state index is 14.5. The number of hydrogen-bond acceptors (Lipinski definition) is 9. The fourth-order valence-corrected chi connectivity index (χ4v) is 7.92. The number of benzene rings is 1. The topological polar surface area (TPSA) is 110 Å². The highest BCUT2D eigenvalue weighted by Gasteiger charge is 2.56. The van der Waals surface area contributed by atoms with E-state index in [1.165, 1.54) is 17.2 Å². The van der Waals surface area contributed by atoms with E-state index in [2.05, 4.69) is 53.1 Å². The molecule has 226 valence electrons. The van der Waals surface area contributed by atoms with Gasteiger partial charge in [0.15, 0.2) is 17.7 Å². The van der Waals surface area contributed by atoms with Gasteiger partial charge in [0.05, 0.1) is 37.3 Å². The molecule has 0 aromatic heterocycles. The second kappa shape index (κ2) is 12.1. The average Bonchev–Trinajstić information content (AvgIpc) is 3.42. The first kappa shape index (κ1) is 29.3. The molecule has 5 aliphatic rings. The summed E-state index contributed by atoms with van der Waals surface area (Å²) < 4.78 is 13.1. The molecule has 6 rings (SSSR count). The quantitative estimate of drug-likeness (QED) is 0.491. The number of piperazine rings is 1. The van der Waals surface area contributed by atoms with E-state index in [9.17, 15) is 14.9 Å². The lowest BCUT2D eigenvalue weighted by atomic mass is 9.69. The van der Waals surface area contributed by atoms with Crippen molar-refractivity contribution in [1.29, 1.82) is 5.26 Å². The molecule has 42 heavy (non-hydrogen) atoms. The van der Waals surface area contributed by atoms with E-state index in [0.717, 1.165) is 38.0 Å². The predicted molar refractivity (Wildman–Crippen MR) is 157 cm³/mol. The van der Waals surface area contributed by atoms with Gasteiger partial charge in [-0.15, -0.1) is 0 Å². The van der Waals surface area contributed by atoms with Crippen LogP contribution in [0, 0.1) is 24.2 Å². The smallest absolute Gasteiger partial charge is 0.246 e. The molecular weight excluding hydrogens is 532 g/mol. The third-order valence-electron chi connectivity index (χ3n) is 10.4. The van der Waals surface area contributed by atoms with Crippen molar-refractivity contribution in [3.05, 3.63) is 42.0 Å². The number of amides is 1. The predicted octanol–water partition coefficient (Wildman–Crippen LogP) is 1.93. The molecule has 4 fully saturated rings. The molecule has 4 aliphatic heterocycles. The molecule has 10 nitrogen and oxygen atoms in total. The Balaban J connectivity index is 1.24. The molecule has 1 aromatic rings. The Morgan fingerprint density at radius 1 is 1.24 bits per heavy atom. The number of nitrogens with zero attached hydrogens (tertiary/aromatic N) is 4. The van der Waals surface area contributed by atoms with Gasteiger partial charge >= 0.3 is 0 Å². The van der Waals surface area contributed by atoms with Crippen molar-refractivity contribution >= 4 is 11.7 Å². The van der Waals surface area contributed by atoms with Crippen LogP contribution < -0.4 is 15.4 Å². The van der Waals surface area contributed by atoms with E-state index in [0.29, 0.717) is 45.1 Å². The highest BCUT2D eigenvalue weighted by Crippen LogP contribution is 2.44. The van der Waals surface area contributed by atoms with Crippen molar-refractivity contribution in [3.8, 4) is 11.8 Å². The SMILES string of the molecule is C=CC(=O)N1CCN(C2NC(OCC3CCCN3C)NC3C(=O)[C@@]4(CCc5c(C)cccc5O4)CCC32)CC1CC#N. The Hall–Kier alpha value is -2.81. The number of ether oxygens (including phenoxy) is 2. The number of aryl methyl sites for hydroxylation is 1. The van der Waals surface area contributed by atoms with Gasteiger partial charge in [0, 0.05) is 31.6 Å². The molecule has 1 spiro atoms. The third kappa shape index (κ3) is 5.38. The number of likely N-dealkylation sites (N-methyl/N-ethyl adjacent to an activating group) is 1. The molecule has 7 atom stereocenters. The lowest BCUT2D eigenvalue weighted by Crippen LogP contribution is -2.76. The van der Waals surface area contributed by atoms with E-state index in [1.54, 1.807) is 4.90 Å². The minimum absolute atomic E-state index is 0.00373. The van der Waals surface area contributed by atoms with Gasteiger partial charge in [0.2, 0.25) is 5.91 Å². The van der Waals surface area contributed by atoms with Crippen LogP contribution >= 0.6 is 0 Å². The zero-order valence-electron chi connectivity index (χ0n) is 24.9. The van der Waals surface area contributed by atoms with Crippen molar-refractivity contribution in [2.24, 2.45) is 5.92 Å². The standard InChI is InChI=1S/C32H44N6O4/c1-4-27(39)38-18-17-37(19-22(38)12-15-33)30-25-11-14-32(13-10-24-21(2)7-5-9-26(24)42-32)29(40)28(25)34-31(35-30)41-20-23-8-6-16-36(23)3/h4-5,7,9,22-23,25,28,30-31,34-35H,1,6,8,10-14,16-20H2,2-3H3/t22?,23?,25?,28?,30?,31?,32-/m1/s1. The maximum Gasteiger partial charge on any atom is 0.246 e. The number of nitriles is 1. The molecule has 1 saturated carbocycles. The summed E-state index contributed by atoms with van der Waals surface area (Å²) in [6.45, 7) is 9.10. The summed E-state index contributed by atoms with van der Waals surface area (Å²) in [5, 5.41) is 16.8. The Kier molecular flexibility index (Phi) is 8.40. The van der Waals surface area contributed by atoms with E-state index in [1.807, 2.05) is 12.1 Å². The molecule has 0 radical (unpaired) electrons. The fourth-order valence-electron chi connectivity index (χ4n) is 7.92. The van der Waals surface area contributed by atoms with E-state index in [-0.39, 0.29) is 36.2 Å². The minimum atomic E-state index is -0.842. The van der Waals surface area contributed by atoms with Gasteiger partial charge in [-0.25, -0.2) is 0 Å². The molecule has 1 amide bonds. The summed E-state index contributed by atoms with van der Waals surface area (Å²) in [5.74, 6) is 0.799. The van der Waals surface area contributed by atoms with Crippen LogP contribution in [-0.4, -0.2) is 102 Å². The number of ketones is 1. The maximum absolute atomic E-state index is 14.5. The summed E-state index contributed by atoms with van der Waals surface area (Å²) in [4.78, 5) is 33.4. The molecule has 1 aliphatic carbocycles. The molecule has 1 aromatic carbocycles. The Labute approximate surface area is 249 Å². The number of fused-ring (bicyclic) bond motifs is 2. The van der Waals surface area contributed by atoms with Crippen LogP contribution in [0.2, 0.25) is 0 Å². The van der Waals surface area contributed by atoms with E-state index in [4.69, 9.17) is 9.47 Å². The first-order valence-electron chi connectivity index (χ1n) is 15.5. The summed E-state index contributed by atoms with van der Waals surface area (Å²) in [6, 6.07) is 8.05. The Morgan fingerprint density at radius 3 is 2.86 bits per heavy atom. The number of rotatable bonds is 6. The summed E-state index contributed by atoms with van der Waals surface area (Å²) >= 11 is 0. The second-order valence-electron chi connectivity index (χ2n) is 12.7. The van der Waals surface area contributed by atoms with Crippen LogP contribution in [-0.2, 0) is 20.7 Å². The third-order valence-corrected chi connectivity index (χ3v) is 10.4. The lowest BCUT2D eigenvalue weighted by molar-refractivity contribution is -0.160. The Morgan fingerprint density at radius 2 is 2.10 bits per heavy atom. The highest BCUT2D eigenvalue weighted by molar-refractivity contribution is 5.94. The van der Waals surface area contributed by atoms with E-state index >= 15 is 0 Å². The monoisotopic (exact) mass is 576 g/mol. The largest absolute Gasteiger partial charge is 0.479 e. The highest BCUT2D eigenvalue weighted by atomic mass is 16.5. The first-order chi connectivity index (χ1) is 20.3. The molecule has 10 heteroatoms. The minimum Gasteiger partial charge on any atom is -0.479 e. The van der Waals surface area contributed by atoms with Crippen LogP contribution in [0.1, 0.15) is 49.7 Å². The summed E-state index contributed by atoms with van der Waals surface area (Å²) in [5.41, 5.74) is 1.56. The summed E-state index contributed by atoms with van der Waals surface area (Å²) in [6.07, 6.45) is 6.19. The number of carbonyl (C=O) groups is 2. The number of carbonyl (C=O) groups excluding carboxylic acids is 2. The van der Waals surface area contributed by atoms with Gasteiger partial charge in [0.1, 0.15) is 5.75 Å². The Bertz CT molecular complexity index is 1250. The lowest BCUT2D eigenvalue weighted by Gasteiger charge is -2.55. The molecule has 4 heterocycles. The zero-order valence-corrected chi connectivity index (χ0v) is 24.9. The number of nitrogens with one attached hydrogen (secondary N) is 2. The van der Waals surface area contributed by atoms with E-state index < -0.39 is 18.0 Å². The van der Waals surface area contributed by atoms with Crippen molar-refractivity contribution in [1.82, 2.24) is 25.3 Å². The number of Topliss-reactive ketones (excluding diaryl/α,β-unsaturated/α-hetero) is 1. The van der Waals surface area contributed by atoms with Gasteiger partial charge in [-0.05, 0) is 82.3 Å². The van der Waals surface area contributed by atoms with Crippen molar-refractivity contribution < 1.29 is 19.1 Å². The molecule has 0 bridgehead atoms. The molecular formula is C32H44N6O4. The normalized spacial score (nSPS) is 35.3. The van der Waals surface area contributed by atoms with Crippen molar-refractivity contribution in [3.63, 3.8) is 0 Å². The van der Waals surface area contributed by atoms with Crippen molar-refractivity contribution in [2.75, 3.05) is 39.8 Å². The van der Waals surface area contributed by atoms with Gasteiger partial charge < -0.3 is 19.3 Å².